The van der Waals surface area contributed by atoms with Crippen LogP contribution >= 0.6 is 0 Å². The van der Waals surface area contributed by atoms with Crippen LogP contribution in [0.25, 0.3) is 0 Å². The highest BCUT2D eigenvalue weighted by Gasteiger charge is 2.49. The molecule has 0 N–H and O–H groups in total. The van der Waals surface area contributed by atoms with Gasteiger partial charge in [-0.1, -0.05) is 27.4 Å². The lowest BCUT2D eigenvalue weighted by atomic mass is 9.60. The van der Waals surface area contributed by atoms with Gasteiger partial charge in [-0.15, -0.1) is 0 Å². The van der Waals surface area contributed by atoms with Crippen molar-refractivity contribution in [2.45, 2.75) is 59.5 Å². The normalized spacial score (nSPS) is 33.2. The van der Waals surface area contributed by atoms with E-state index in [0.717, 1.165) is 12.8 Å². The summed E-state index contributed by atoms with van der Waals surface area (Å²) in [6.07, 6.45) is 3.29. The first-order valence-electron chi connectivity index (χ1n) is 6.09. The minimum Gasteiger partial charge on any atom is -0.455 e. The summed E-state index contributed by atoms with van der Waals surface area (Å²) >= 11 is 0. The molecule has 1 rings (SSSR count). The zero-order valence-electron chi connectivity index (χ0n) is 11.2. The molecule has 0 aromatic rings. The van der Waals surface area contributed by atoms with Crippen LogP contribution in [0.5, 0.6) is 0 Å². The average molecular weight is 224 g/mol. The third-order valence-corrected chi connectivity index (χ3v) is 4.55. The third kappa shape index (κ3) is 2.16. The van der Waals surface area contributed by atoms with E-state index in [1.54, 1.807) is 6.92 Å². The van der Waals surface area contributed by atoms with Gasteiger partial charge in [0.25, 0.3) is 0 Å². The standard InChI is InChI=1S/C14H24O2/c1-10(2)12(15)16-14(6)9-7-8-11(3)13(14,4)5/h11H,1,7-9H2,2-6H3. The van der Waals surface area contributed by atoms with Crippen molar-refractivity contribution in [2.75, 3.05) is 0 Å². The van der Waals surface area contributed by atoms with E-state index in [0.29, 0.717) is 11.5 Å². The molecule has 92 valence electrons. The van der Waals surface area contributed by atoms with Crippen molar-refractivity contribution in [1.29, 1.82) is 0 Å². The van der Waals surface area contributed by atoms with Crippen molar-refractivity contribution >= 4 is 5.97 Å². The van der Waals surface area contributed by atoms with Crippen molar-refractivity contribution in [3.8, 4) is 0 Å². The van der Waals surface area contributed by atoms with Crippen molar-refractivity contribution in [2.24, 2.45) is 11.3 Å². The molecule has 1 saturated carbocycles. The monoisotopic (exact) mass is 224 g/mol. The van der Waals surface area contributed by atoms with Gasteiger partial charge >= 0.3 is 5.97 Å². The molecule has 0 bridgehead atoms. The van der Waals surface area contributed by atoms with Crippen LogP contribution in [0.2, 0.25) is 0 Å². The number of carbonyl (C=O) groups is 1. The Morgan fingerprint density at radius 1 is 1.38 bits per heavy atom. The SMILES string of the molecule is C=C(C)C(=O)OC1(C)CCCC(C)C1(C)C. The van der Waals surface area contributed by atoms with E-state index in [2.05, 4.69) is 34.3 Å². The Hall–Kier alpha value is -0.790. The number of ether oxygens (including phenoxy) is 1. The topological polar surface area (TPSA) is 26.3 Å². The van der Waals surface area contributed by atoms with Crippen molar-refractivity contribution < 1.29 is 9.53 Å². The van der Waals surface area contributed by atoms with Crippen LogP contribution in [-0.2, 0) is 9.53 Å². The highest BCUT2D eigenvalue weighted by molar-refractivity contribution is 5.87. The van der Waals surface area contributed by atoms with Crippen LogP contribution in [0.15, 0.2) is 12.2 Å². The molecular weight excluding hydrogens is 200 g/mol. The van der Waals surface area contributed by atoms with E-state index in [4.69, 9.17) is 4.74 Å². The minimum absolute atomic E-state index is 0.0242. The lowest BCUT2D eigenvalue weighted by molar-refractivity contribution is -0.179. The minimum atomic E-state index is -0.360. The van der Waals surface area contributed by atoms with Gasteiger partial charge in [0.1, 0.15) is 5.60 Å². The van der Waals surface area contributed by atoms with Gasteiger partial charge in [0.05, 0.1) is 0 Å². The lowest BCUT2D eigenvalue weighted by Crippen LogP contribution is -2.52. The molecule has 0 saturated heterocycles. The number of esters is 1. The van der Waals surface area contributed by atoms with Crippen molar-refractivity contribution in [1.82, 2.24) is 0 Å². The Morgan fingerprint density at radius 3 is 2.44 bits per heavy atom. The Bertz CT molecular complexity index is 304. The summed E-state index contributed by atoms with van der Waals surface area (Å²) in [6, 6.07) is 0. The largest absolute Gasteiger partial charge is 0.455 e. The molecule has 2 heteroatoms. The Morgan fingerprint density at radius 2 is 1.94 bits per heavy atom. The Kier molecular flexibility index (Phi) is 3.51. The lowest BCUT2D eigenvalue weighted by Gasteiger charge is -2.50. The number of rotatable bonds is 2. The molecule has 0 amide bonds. The molecule has 1 aliphatic rings. The summed E-state index contributed by atoms with van der Waals surface area (Å²) in [7, 11) is 0. The fourth-order valence-corrected chi connectivity index (χ4v) is 2.42. The number of hydrogen-bond donors (Lipinski definition) is 0. The van der Waals surface area contributed by atoms with Crippen LogP contribution in [-0.4, -0.2) is 11.6 Å². The molecule has 2 atom stereocenters. The van der Waals surface area contributed by atoms with E-state index in [9.17, 15) is 4.79 Å². The van der Waals surface area contributed by atoms with Gasteiger partial charge in [0, 0.05) is 11.0 Å². The predicted octanol–water partition coefficient (Wildman–Crippen LogP) is 3.71. The van der Waals surface area contributed by atoms with E-state index in [-0.39, 0.29) is 17.0 Å². The molecule has 1 fully saturated rings. The zero-order valence-corrected chi connectivity index (χ0v) is 11.2. The summed E-state index contributed by atoms with van der Waals surface area (Å²) in [5.41, 5.74) is 0.145. The Labute approximate surface area is 99.1 Å². The molecule has 1 aliphatic carbocycles. The average Bonchev–Trinajstić information content (AvgIpc) is 2.14. The van der Waals surface area contributed by atoms with Crippen molar-refractivity contribution in [3.63, 3.8) is 0 Å². The second-order valence-electron chi connectivity index (χ2n) is 5.92. The van der Waals surface area contributed by atoms with Crippen LogP contribution in [0.1, 0.15) is 53.9 Å². The van der Waals surface area contributed by atoms with E-state index < -0.39 is 0 Å². The van der Waals surface area contributed by atoms with Crippen LogP contribution in [0.3, 0.4) is 0 Å². The third-order valence-electron chi connectivity index (χ3n) is 4.55. The molecular formula is C14H24O2. The summed E-state index contributed by atoms with van der Waals surface area (Å²) in [5, 5.41) is 0. The molecule has 0 aromatic heterocycles. The molecule has 16 heavy (non-hydrogen) atoms. The molecule has 0 spiro atoms. The second-order valence-corrected chi connectivity index (χ2v) is 5.92. The second kappa shape index (κ2) is 4.23. The molecule has 2 unspecified atom stereocenters. The van der Waals surface area contributed by atoms with Crippen LogP contribution < -0.4 is 0 Å². The van der Waals surface area contributed by atoms with Gasteiger partial charge < -0.3 is 4.74 Å². The quantitative estimate of drug-likeness (QED) is 0.528. The molecule has 0 heterocycles. The summed E-state index contributed by atoms with van der Waals surface area (Å²) < 4.78 is 5.69. The number of hydrogen-bond acceptors (Lipinski definition) is 2. The van der Waals surface area contributed by atoms with Gasteiger partial charge in [-0.3, -0.25) is 0 Å². The van der Waals surface area contributed by atoms with Crippen LogP contribution in [0.4, 0.5) is 0 Å². The maximum absolute atomic E-state index is 11.7. The maximum Gasteiger partial charge on any atom is 0.333 e. The fourth-order valence-electron chi connectivity index (χ4n) is 2.42. The highest BCUT2D eigenvalue weighted by atomic mass is 16.6. The smallest absolute Gasteiger partial charge is 0.333 e. The van der Waals surface area contributed by atoms with Gasteiger partial charge in [-0.05, 0) is 39.0 Å². The molecule has 0 aliphatic heterocycles. The first-order chi connectivity index (χ1) is 7.21. The molecule has 2 nitrogen and oxygen atoms in total. The molecule has 0 aromatic carbocycles. The van der Waals surface area contributed by atoms with Crippen molar-refractivity contribution in [3.05, 3.63) is 12.2 Å². The maximum atomic E-state index is 11.7. The fraction of sp³-hybridized carbons (Fsp3) is 0.786. The van der Waals surface area contributed by atoms with Gasteiger partial charge in [0.2, 0.25) is 0 Å². The highest BCUT2D eigenvalue weighted by Crippen LogP contribution is 2.49. The first kappa shape index (κ1) is 13.3. The van der Waals surface area contributed by atoms with Gasteiger partial charge in [-0.2, -0.15) is 0 Å². The first-order valence-corrected chi connectivity index (χ1v) is 6.09. The summed E-state index contributed by atoms with van der Waals surface area (Å²) in [5.74, 6) is 0.314. The van der Waals surface area contributed by atoms with E-state index in [1.807, 2.05) is 0 Å². The summed E-state index contributed by atoms with van der Waals surface area (Å²) in [4.78, 5) is 11.7. The number of carbonyl (C=O) groups excluding carboxylic acids is 1. The molecule has 0 radical (unpaired) electrons. The van der Waals surface area contributed by atoms with E-state index in [1.165, 1.54) is 6.42 Å². The van der Waals surface area contributed by atoms with Gasteiger partial charge in [-0.25, -0.2) is 4.79 Å². The van der Waals surface area contributed by atoms with Gasteiger partial charge in [0.15, 0.2) is 0 Å². The zero-order chi connectivity index (χ0) is 12.6. The Balaban J connectivity index is 2.89. The predicted molar refractivity (Wildman–Crippen MR) is 66.1 cm³/mol. The summed E-state index contributed by atoms with van der Waals surface area (Å²) in [6.45, 7) is 14.0. The van der Waals surface area contributed by atoms with Crippen LogP contribution in [0, 0.1) is 11.3 Å². The van der Waals surface area contributed by atoms with E-state index >= 15 is 0 Å².